The van der Waals surface area contributed by atoms with Crippen LogP contribution in [0.1, 0.15) is 34.1 Å². The third-order valence-electron chi connectivity index (χ3n) is 1.26. The minimum Gasteiger partial charge on any atom is -0.287 e. The van der Waals surface area contributed by atoms with Gasteiger partial charge in [0.1, 0.15) is 0 Å². The Balaban J connectivity index is 0.000000371. The topological polar surface area (TPSA) is 12.4 Å². The van der Waals surface area contributed by atoms with E-state index in [9.17, 15) is 0 Å². The third kappa shape index (κ3) is 3.44. The molecule has 1 rings (SSSR count). The van der Waals surface area contributed by atoms with Gasteiger partial charge in [-0.15, -0.1) is 0 Å². The summed E-state index contributed by atoms with van der Waals surface area (Å²) in [5, 5.41) is 0. The van der Waals surface area contributed by atoms with Crippen LogP contribution in [0.4, 0.5) is 0 Å². The summed E-state index contributed by atoms with van der Waals surface area (Å²) < 4.78 is 0. The van der Waals surface area contributed by atoms with Crippen molar-refractivity contribution in [3.8, 4) is 0 Å². The summed E-state index contributed by atoms with van der Waals surface area (Å²) in [4.78, 5) is 4.31. The molecule has 0 aromatic carbocycles. The molecule has 1 heteroatoms. The summed E-state index contributed by atoms with van der Waals surface area (Å²) in [5.41, 5.74) is 1.16. The normalized spacial score (nSPS) is 22.8. The van der Waals surface area contributed by atoms with Crippen molar-refractivity contribution in [1.82, 2.24) is 0 Å². The van der Waals surface area contributed by atoms with Crippen LogP contribution in [-0.2, 0) is 0 Å². The zero-order valence-corrected chi connectivity index (χ0v) is 7.39. The standard InChI is InChI=1S/C7H11N.C2H6/c1-6-4-3-5-7(2)8-6;1-2/h3-4,7H,5H2,1-2H3;1-2H3. The zero-order chi connectivity index (χ0) is 7.98. The summed E-state index contributed by atoms with van der Waals surface area (Å²) in [6.45, 7) is 8.17. The summed E-state index contributed by atoms with van der Waals surface area (Å²) in [5.74, 6) is 0. The van der Waals surface area contributed by atoms with E-state index >= 15 is 0 Å². The molecule has 58 valence electrons. The van der Waals surface area contributed by atoms with E-state index in [1.165, 1.54) is 0 Å². The first-order valence-electron chi connectivity index (χ1n) is 4.00. The molecule has 1 aliphatic heterocycles. The maximum absolute atomic E-state index is 4.31. The number of hydrogen-bond acceptors (Lipinski definition) is 1. The Morgan fingerprint density at radius 3 is 2.40 bits per heavy atom. The molecule has 0 fully saturated rings. The van der Waals surface area contributed by atoms with Crippen LogP contribution in [0.15, 0.2) is 17.1 Å². The molecule has 1 atom stereocenters. The maximum atomic E-state index is 4.31. The Bertz CT molecular complexity index is 134. The quantitative estimate of drug-likeness (QED) is 0.489. The van der Waals surface area contributed by atoms with E-state index in [0.717, 1.165) is 12.1 Å². The Morgan fingerprint density at radius 1 is 1.50 bits per heavy atom. The van der Waals surface area contributed by atoms with Gasteiger partial charge in [0.15, 0.2) is 0 Å². The second-order valence-corrected chi connectivity index (χ2v) is 2.26. The number of nitrogens with zero attached hydrogens (tertiary/aromatic N) is 1. The predicted molar refractivity (Wildman–Crippen MR) is 47.7 cm³/mol. The van der Waals surface area contributed by atoms with Gasteiger partial charge in [-0.3, -0.25) is 4.99 Å². The molecule has 1 heterocycles. The highest BCUT2D eigenvalue weighted by Gasteiger charge is 1.99. The van der Waals surface area contributed by atoms with Crippen molar-refractivity contribution >= 4 is 5.71 Å². The van der Waals surface area contributed by atoms with Crippen molar-refractivity contribution < 1.29 is 0 Å². The summed E-state index contributed by atoms with van der Waals surface area (Å²) in [6.07, 6.45) is 5.35. The van der Waals surface area contributed by atoms with Crippen molar-refractivity contribution in [3.05, 3.63) is 12.2 Å². The highest BCUT2D eigenvalue weighted by Crippen LogP contribution is 2.04. The van der Waals surface area contributed by atoms with Gasteiger partial charge in [-0.05, 0) is 26.3 Å². The Morgan fingerprint density at radius 2 is 2.10 bits per heavy atom. The van der Waals surface area contributed by atoms with Crippen molar-refractivity contribution in [2.75, 3.05) is 0 Å². The fourth-order valence-electron chi connectivity index (χ4n) is 0.879. The predicted octanol–water partition coefficient (Wildman–Crippen LogP) is 2.82. The molecule has 10 heavy (non-hydrogen) atoms. The van der Waals surface area contributed by atoms with Gasteiger partial charge < -0.3 is 0 Å². The van der Waals surface area contributed by atoms with E-state index in [1.807, 2.05) is 20.8 Å². The van der Waals surface area contributed by atoms with Crippen LogP contribution in [0, 0.1) is 0 Å². The van der Waals surface area contributed by atoms with Gasteiger partial charge in [-0.1, -0.05) is 19.9 Å². The lowest BCUT2D eigenvalue weighted by atomic mass is 10.1. The van der Waals surface area contributed by atoms with Crippen molar-refractivity contribution in [1.29, 1.82) is 0 Å². The monoisotopic (exact) mass is 139 g/mol. The number of dihydropyridines is 1. The summed E-state index contributed by atoms with van der Waals surface area (Å²) in [6, 6.07) is 0.514. The molecule has 0 amide bonds. The lowest BCUT2D eigenvalue weighted by Crippen LogP contribution is -2.03. The van der Waals surface area contributed by atoms with Gasteiger partial charge in [0.2, 0.25) is 0 Å². The van der Waals surface area contributed by atoms with Crippen LogP contribution in [0.3, 0.4) is 0 Å². The van der Waals surface area contributed by atoms with E-state index in [-0.39, 0.29) is 0 Å². The highest BCUT2D eigenvalue weighted by molar-refractivity contribution is 5.93. The fourth-order valence-corrected chi connectivity index (χ4v) is 0.879. The molecule has 1 aliphatic rings. The average Bonchev–Trinajstić information content (AvgIpc) is 1.91. The Hall–Kier alpha value is -0.590. The van der Waals surface area contributed by atoms with Gasteiger partial charge in [-0.25, -0.2) is 0 Å². The molecule has 0 N–H and O–H groups in total. The van der Waals surface area contributed by atoms with Crippen molar-refractivity contribution in [2.24, 2.45) is 4.99 Å². The molecule has 1 unspecified atom stereocenters. The molecule has 0 saturated carbocycles. The molecule has 1 nitrogen and oxygen atoms in total. The lowest BCUT2D eigenvalue weighted by Gasteiger charge is -2.07. The lowest BCUT2D eigenvalue weighted by molar-refractivity contribution is 0.752. The van der Waals surface area contributed by atoms with Gasteiger partial charge in [0.05, 0.1) is 6.04 Å². The van der Waals surface area contributed by atoms with Crippen LogP contribution in [0.2, 0.25) is 0 Å². The molecule has 0 bridgehead atoms. The van der Waals surface area contributed by atoms with Crippen molar-refractivity contribution in [3.63, 3.8) is 0 Å². The SMILES string of the molecule is CC.CC1=NC(C)CC=C1. The van der Waals surface area contributed by atoms with Crippen LogP contribution in [0.5, 0.6) is 0 Å². The number of aliphatic imine (C=N–C) groups is 1. The first kappa shape index (κ1) is 9.41. The van der Waals surface area contributed by atoms with E-state index in [4.69, 9.17) is 0 Å². The minimum absolute atomic E-state index is 0.514. The first-order valence-corrected chi connectivity index (χ1v) is 4.00. The molecule has 0 aromatic heterocycles. The van der Waals surface area contributed by atoms with Crippen LogP contribution in [-0.4, -0.2) is 11.8 Å². The molecular weight excluding hydrogens is 122 g/mol. The Kier molecular flexibility index (Phi) is 4.91. The largest absolute Gasteiger partial charge is 0.287 e. The second-order valence-electron chi connectivity index (χ2n) is 2.26. The second kappa shape index (κ2) is 5.21. The van der Waals surface area contributed by atoms with Crippen LogP contribution < -0.4 is 0 Å². The zero-order valence-electron chi connectivity index (χ0n) is 7.39. The third-order valence-corrected chi connectivity index (χ3v) is 1.26. The molecule has 0 aromatic rings. The smallest absolute Gasteiger partial charge is 0.0509 e. The van der Waals surface area contributed by atoms with Crippen LogP contribution in [0.25, 0.3) is 0 Å². The van der Waals surface area contributed by atoms with E-state index in [2.05, 4.69) is 24.1 Å². The van der Waals surface area contributed by atoms with Gasteiger partial charge in [-0.2, -0.15) is 0 Å². The molecular formula is C9H17N. The van der Waals surface area contributed by atoms with Gasteiger partial charge in [0, 0.05) is 5.71 Å². The van der Waals surface area contributed by atoms with Gasteiger partial charge in [0.25, 0.3) is 0 Å². The molecule has 0 spiro atoms. The summed E-state index contributed by atoms with van der Waals surface area (Å²) >= 11 is 0. The maximum Gasteiger partial charge on any atom is 0.0509 e. The van der Waals surface area contributed by atoms with E-state index in [1.54, 1.807) is 0 Å². The minimum atomic E-state index is 0.514. The highest BCUT2D eigenvalue weighted by atomic mass is 14.8. The number of rotatable bonds is 0. The average molecular weight is 139 g/mol. The van der Waals surface area contributed by atoms with Crippen LogP contribution >= 0.6 is 0 Å². The summed E-state index contributed by atoms with van der Waals surface area (Å²) in [7, 11) is 0. The fraction of sp³-hybridized carbons (Fsp3) is 0.667. The van der Waals surface area contributed by atoms with Gasteiger partial charge >= 0.3 is 0 Å². The van der Waals surface area contributed by atoms with Crippen molar-refractivity contribution in [2.45, 2.75) is 40.2 Å². The number of hydrogen-bond donors (Lipinski definition) is 0. The number of allylic oxidation sites excluding steroid dienone is 1. The molecule has 0 saturated heterocycles. The van der Waals surface area contributed by atoms with E-state index < -0.39 is 0 Å². The molecule has 0 radical (unpaired) electrons. The Labute approximate surface area is 63.9 Å². The van der Waals surface area contributed by atoms with E-state index in [0.29, 0.717) is 6.04 Å². The molecule has 0 aliphatic carbocycles. The first-order chi connectivity index (χ1) is 4.79.